The maximum atomic E-state index is 12.5. The van der Waals surface area contributed by atoms with Gasteiger partial charge in [-0.1, -0.05) is 6.07 Å². The predicted molar refractivity (Wildman–Crippen MR) is 106 cm³/mol. The van der Waals surface area contributed by atoms with Crippen LogP contribution in [0, 0.1) is 13.8 Å². The molecule has 3 aromatic rings. The molecule has 3 rings (SSSR count). The second-order valence-corrected chi connectivity index (χ2v) is 6.38. The Labute approximate surface area is 157 Å². The summed E-state index contributed by atoms with van der Waals surface area (Å²) in [4.78, 5) is 32.0. The molecule has 6 heteroatoms. The third-order valence-corrected chi connectivity index (χ3v) is 3.94. The lowest BCUT2D eigenvalue weighted by Crippen LogP contribution is -2.14. The van der Waals surface area contributed by atoms with Crippen molar-refractivity contribution in [2.45, 2.75) is 20.8 Å². The van der Waals surface area contributed by atoms with E-state index in [0.29, 0.717) is 11.4 Å². The SMILES string of the molecule is CC(=O)c1ccc(Nc2cc(C(=O)Nc3cc(C)cc(C)c3)ncn2)cc1. The van der Waals surface area contributed by atoms with E-state index in [1.165, 1.54) is 13.3 Å². The zero-order chi connectivity index (χ0) is 19.4. The second-order valence-electron chi connectivity index (χ2n) is 6.38. The molecule has 1 amide bonds. The largest absolute Gasteiger partial charge is 0.340 e. The molecule has 0 atom stereocenters. The van der Waals surface area contributed by atoms with Gasteiger partial charge < -0.3 is 10.6 Å². The number of benzene rings is 2. The zero-order valence-corrected chi connectivity index (χ0v) is 15.4. The minimum atomic E-state index is -0.308. The highest BCUT2D eigenvalue weighted by molar-refractivity contribution is 6.03. The molecule has 27 heavy (non-hydrogen) atoms. The van der Waals surface area contributed by atoms with Gasteiger partial charge >= 0.3 is 0 Å². The molecular weight excluding hydrogens is 340 g/mol. The number of carbonyl (C=O) groups is 2. The zero-order valence-electron chi connectivity index (χ0n) is 15.4. The van der Waals surface area contributed by atoms with Crippen molar-refractivity contribution in [2.24, 2.45) is 0 Å². The fourth-order valence-corrected chi connectivity index (χ4v) is 2.73. The third kappa shape index (κ3) is 4.76. The van der Waals surface area contributed by atoms with Gasteiger partial charge in [0.1, 0.15) is 17.8 Å². The number of ketones is 1. The molecule has 0 aliphatic heterocycles. The molecule has 0 unspecified atom stereocenters. The van der Waals surface area contributed by atoms with E-state index in [0.717, 1.165) is 22.5 Å². The summed E-state index contributed by atoms with van der Waals surface area (Å²) in [5.41, 5.74) is 4.53. The smallest absolute Gasteiger partial charge is 0.274 e. The van der Waals surface area contributed by atoms with Crippen LogP contribution >= 0.6 is 0 Å². The van der Waals surface area contributed by atoms with Crippen molar-refractivity contribution in [3.8, 4) is 0 Å². The maximum absolute atomic E-state index is 12.5. The molecule has 2 N–H and O–H groups in total. The Morgan fingerprint density at radius 1 is 0.852 bits per heavy atom. The van der Waals surface area contributed by atoms with E-state index >= 15 is 0 Å². The van der Waals surface area contributed by atoms with Gasteiger partial charge in [0.2, 0.25) is 0 Å². The summed E-state index contributed by atoms with van der Waals surface area (Å²) in [5, 5.41) is 5.96. The van der Waals surface area contributed by atoms with Crippen LogP contribution in [0.25, 0.3) is 0 Å². The van der Waals surface area contributed by atoms with Crippen LogP contribution in [0.2, 0.25) is 0 Å². The van der Waals surface area contributed by atoms with E-state index in [1.807, 2.05) is 32.0 Å². The fraction of sp³-hybridized carbons (Fsp3) is 0.143. The summed E-state index contributed by atoms with van der Waals surface area (Å²) in [7, 11) is 0. The van der Waals surface area contributed by atoms with E-state index in [-0.39, 0.29) is 17.4 Å². The number of aromatic nitrogens is 2. The number of nitrogens with zero attached hydrogens (tertiary/aromatic N) is 2. The molecule has 136 valence electrons. The minimum absolute atomic E-state index is 0.00827. The van der Waals surface area contributed by atoms with Gasteiger partial charge in [-0.3, -0.25) is 9.59 Å². The monoisotopic (exact) mass is 360 g/mol. The van der Waals surface area contributed by atoms with Crippen molar-refractivity contribution in [3.05, 3.63) is 77.2 Å². The van der Waals surface area contributed by atoms with Gasteiger partial charge in [-0.15, -0.1) is 0 Å². The van der Waals surface area contributed by atoms with Crippen LogP contribution in [0.1, 0.15) is 38.9 Å². The lowest BCUT2D eigenvalue weighted by Gasteiger charge is -2.09. The topological polar surface area (TPSA) is 84.0 Å². The van der Waals surface area contributed by atoms with Crippen molar-refractivity contribution in [1.29, 1.82) is 0 Å². The quantitative estimate of drug-likeness (QED) is 0.663. The molecular formula is C21H20N4O2. The molecule has 0 saturated carbocycles. The highest BCUT2D eigenvalue weighted by atomic mass is 16.2. The molecule has 6 nitrogen and oxygen atoms in total. The first-order valence-corrected chi connectivity index (χ1v) is 8.50. The lowest BCUT2D eigenvalue weighted by molar-refractivity contribution is 0.101. The summed E-state index contributed by atoms with van der Waals surface area (Å²) in [6.07, 6.45) is 1.34. The lowest BCUT2D eigenvalue weighted by atomic mass is 10.1. The molecule has 0 radical (unpaired) electrons. The summed E-state index contributed by atoms with van der Waals surface area (Å²) in [6.45, 7) is 5.48. The average molecular weight is 360 g/mol. The van der Waals surface area contributed by atoms with Gasteiger partial charge in [-0.2, -0.15) is 0 Å². The molecule has 0 aliphatic carbocycles. The van der Waals surface area contributed by atoms with E-state index in [4.69, 9.17) is 0 Å². The normalized spacial score (nSPS) is 10.3. The van der Waals surface area contributed by atoms with Gasteiger partial charge in [-0.05, 0) is 68.3 Å². The Hall–Kier alpha value is -3.54. The van der Waals surface area contributed by atoms with Gasteiger partial charge in [0.25, 0.3) is 5.91 Å². The molecule has 0 saturated heterocycles. The number of hydrogen-bond donors (Lipinski definition) is 2. The number of aryl methyl sites for hydroxylation is 2. The standard InChI is InChI=1S/C21H20N4O2/c1-13-8-14(2)10-18(9-13)25-21(27)19-11-20(23-12-22-19)24-17-6-4-16(5-7-17)15(3)26/h4-12H,1-3H3,(H,25,27)(H,22,23,24). The Bertz CT molecular complexity index is 977. The number of hydrogen-bond acceptors (Lipinski definition) is 5. The molecule has 0 aliphatic rings. The fourth-order valence-electron chi connectivity index (χ4n) is 2.73. The number of amides is 1. The number of anilines is 3. The number of Topliss-reactive ketones (excluding diaryl/α,β-unsaturated/α-hetero) is 1. The minimum Gasteiger partial charge on any atom is -0.340 e. The van der Waals surface area contributed by atoms with Gasteiger partial charge in [0.15, 0.2) is 5.78 Å². The maximum Gasteiger partial charge on any atom is 0.274 e. The molecule has 0 bridgehead atoms. The molecule has 2 aromatic carbocycles. The van der Waals surface area contributed by atoms with Crippen LogP contribution < -0.4 is 10.6 Å². The molecule has 0 spiro atoms. The summed E-state index contributed by atoms with van der Waals surface area (Å²) in [6, 6.07) is 14.5. The van der Waals surface area contributed by atoms with Crippen molar-refractivity contribution in [3.63, 3.8) is 0 Å². The van der Waals surface area contributed by atoms with Crippen LogP contribution in [0.4, 0.5) is 17.2 Å². The first-order valence-electron chi connectivity index (χ1n) is 8.50. The Morgan fingerprint density at radius 3 is 2.15 bits per heavy atom. The second kappa shape index (κ2) is 7.78. The van der Waals surface area contributed by atoms with Crippen molar-refractivity contribution in [1.82, 2.24) is 9.97 Å². The van der Waals surface area contributed by atoms with Crippen molar-refractivity contribution < 1.29 is 9.59 Å². The summed E-state index contributed by atoms with van der Waals surface area (Å²) < 4.78 is 0. The van der Waals surface area contributed by atoms with Crippen LogP contribution in [0.5, 0.6) is 0 Å². The average Bonchev–Trinajstić information content (AvgIpc) is 2.61. The van der Waals surface area contributed by atoms with Gasteiger partial charge in [0, 0.05) is 23.0 Å². The van der Waals surface area contributed by atoms with Crippen LogP contribution in [0.15, 0.2) is 54.9 Å². The summed E-state index contributed by atoms with van der Waals surface area (Å²) in [5.74, 6) is 0.192. The van der Waals surface area contributed by atoms with E-state index < -0.39 is 0 Å². The number of rotatable bonds is 5. The molecule has 1 heterocycles. The van der Waals surface area contributed by atoms with E-state index in [9.17, 15) is 9.59 Å². The molecule has 1 aromatic heterocycles. The van der Waals surface area contributed by atoms with Gasteiger partial charge in [-0.25, -0.2) is 9.97 Å². The van der Waals surface area contributed by atoms with E-state index in [1.54, 1.807) is 30.3 Å². The van der Waals surface area contributed by atoms with Gasteiger partial charge in [0.05, 0.1) is 0 Å². The summed E-state index contributed by atoms with van der Waals surface area (Å²) >= 11 is 0. The highest BCUT2D eigenvalue weighted by Gasteiger charge is 2.10. The first kappa shape index (κ1) is 18.3. The Morgan fingerprint density at radius 2 is 1.52 bits per heavy atom. The molecule has 0 fully saturated rings. The number of nitrogens with one attached hydrogen (secondary N) is 2. The number of carbonyl (C=O) groups excluding carboxylic acids is 2. The first-order chi connectivity index (χ1) is 12.9. The van der Waals surface area contributed by atoms with Crippen LogP contribution in [-0.2, 0) is 0 Å². The van der Waals surface area contributed by atoms with Crippen molar-refractivity contribution >= 4 is 28.9 Å². The third-order valence-electron chi connectivity index (χ3n) is 3.94. The predicted octanol–water partition coefficient (Wildman–Crippen LogP) is 4.29. The van der Waals surface area contributed by atoms with Crippen LogP contribution in [-0.4, -0.2) is 21.7 Å². The highest BCUT2D eigenvalue weighted by Crippen LogP contribution is 2.18. The van der Waals surface area contributed by atoms with Crippen molar-refractivity contribution in [2.75, 3.05) is 10.6 Å². The van der Waals surface area contributed by atoms with Crippen LogP contribution in [0.3, 0.4) is 0 Å². The Kier molecular flexibility index (Phi) is 5.26. The van der Waals surface area contributed by atoms with E-state index in [2.05, 4.69) is 20.6 Å². The Balaban J connectivity index is 1.74.